The Morgan fingerprint density at radius 1 is 1.37 bits per heavy atom. The van der Waals surface area contributed by atoms with Crippen LogP contribution in [0.15, 0.2) is 35.4 Å². The molecule has 0 unspecified atom stereocenters. The van der Waals surface area contributed by atoms with E-state index in [2.05, 4.69) is 6.58 Å². The van der Waals surface area contributed by atoms with Crippen molar-refractivity contribution in [2.45, 2.75) is 31.1 Å². The van der Waals surface area contributed by atoms with Gasteiger partial charge in [-0.3, -0.25) is 0 Å². The summed E-state index contributed by atoms with van der Waals surface area (Å²) in [6.07, 6.45) is 0. The SMILES string of the molecule is C=C1N(CC)c2ccc(S(=O)(=O)[O-])cc2C1(C)C.[Na+]. The van der Waals surface area contributed by atoms with Gasteiger partial charge in [-0.25, -0.2) is 8.42 Å². The van der Waals surface area contributed by atoms with E-state index in [0.717, 1.165) is 23.5 Å². The van der Waals surface area contributed by atoms with Crippen molar-refractivity contribution < 1.29 is 42.5 Å². The van der Waals surface area contributed by atoms with Crippen molar-refractivity contribution in [2.75, 3.05) is 11.4 Å². The van der Waals surface area contributed by atoms with Crippen LogP contribution in [-0.2, 0) is 15.5 Å². The minimum Gasteiger partial charge on any atom is -0.744 e. The van der Waals surface area contributed by atoms with Crippen molar-refractivity contribution in [3.05, 3.63) is 36.0 Å². The van der Waals surface area contributed by atoms with E-state index in [1.807, 2.05) is 25.7 Å². The number of benzene rings is 1. The van der Waals surface area contributed by atoms with Gasteiger partial charge < -0.3 is 9.45 Å². The summed E-state index contributed by atoms with van der Waals surface area (Å²) < 4.78 is 33.3. The fraction of sp³-hybridized carbons (Fsp3) is 0.385. The summed E-state index contributed by atoms with van der Waals surface area (Å²) >= 11 is 0. The smallest absolute Gasteiger partial charge is 0.744 e. The predicted octanol–water partition coefficient (Wildman–Crippen LogP) is -0.774. The summed E-state index contributed by atoms with van der Waals surface area (Å²) in [7, 11) is -4.41. The molecule has 1 aliphatic rings. The van der Waals surface area contributed by atoms with Crippen LogP contribution in [0, 0.1) is 0 Å². The normalized spacial score (nSPS) is 17.1. The second-order valence-corrected chi connectivity index (χ2v) is 6.33. The molecule has 1 aromatic rings. The molecule has 0 N–H and O–H groups in total. The number of fused-ring (bicyclic) bond motifs is 1. The maximum absolute atomic E-state index is 11.1. The van der Waals surface area contributed by atoms with Gasteiger partial charge in [0, 0.05) is 23.3 Å². The minimum atomic E-state index is -4.41. The van der Waals surface area contributed by atoms with E-state index in [1.165, 1.54) is 12.1 Å². The molecule has 98 valence electrons. The van der Waals surface area contributed by atoms with Crippen molar-refractivity contribution in [1.29, 1.82) is 0 Å². The topological polar surface area (TPSA) is 60.4 Å². The van der Waals surface area contributed by atoms with Crippen LogP contribution in [0.4, 0.5) is 5.69 Å². The summed E-state index contributed by atoms with van der Waals surface area (Å²) in [5.74, 6) is 0. The Kier molecular flexibility index (Phi) is 4.59. The average Bonchev–Trinajstić information content (AvgIpc) is 2.46. The number of rotatable bonds is 2. The van der Waals surface area contributed by atoms with Gasteiger partial charge in [-0.15, -0.1) is 0 Å². The zero-order chi connectivity index (χ0) is 13.7. The Morgan fingerprint density at radius 3 is 2.42 bits per heavy atom. The Morgan fingerprint density at radius 2 is 1.95 bits per heavy atom. The average molecular weight is 289 g/mol. The molecular weight excluding hydrogens is 273 g/mol. The van der Waals surface area contributed by atoms with E-state index in [4.69, 9.17) is 0 Å². The summed E-state index contributed by atoms with van der Waals surface area (Å²) in [5, 5.41) is 0. The fourth-order valence-electron chi connectivity index (χ4n) is 2.41. The third-order valence-corrected chi connectivity index (χ3v) is 4.42. The number of likely N-dealkylation sites (N-methyl/N-ethyl adjacent to an activating group) is 1. The molecule has 0 radical (unpaired) electrons. The number of hydrogen-bond donors (Lipinski definition) is 0. The summed E-state index contributed by atoms with van der Waals surface area (Å²) in [4.78, 5) is 1.86. The first-order valence-electron chi connectivity index (χ1n) is 5.77. The summed E-state index contributed by atoms with van der Waals surface area (Å²) in [6.45, 7) is 10.8. The molecule has 6 heteroatoms. The van der Waals surface area contributed by atoms with Crippen LogP contribution in [0.2, 0.25) is 0 Å². The number of nitrogens with zero attached hydrogens (tertiary/aromatic N) is 1. The van der Waals surface area contributed by atoms with Crippen LogP contribution in [0.1, 0.15) is 26.3 Å². The van der Waals surface area contributed by atoms with Gasteiger partial charge in [0.2, 0.25) is 0 Å². The van der Waals surface area contributed by atoms with Crippen molar-refractivity contribution in [2.24, 2.45) is 0 Å². The Balaban J connectivity index is 0.00000180. The molecule has 0 amide bonds. The van der Waals surface area contributed by atoms with E-state index in [0.29, 0.717) is 0 Å². The monoisotopic (exact) mass is 289 g/mol. The van der Waals surface area contributed by atoms with Crippen LogP contribution in [0.5, 0.6) is 0 Å². The van der Waals surface area contributed by atoms with Crippen molar-refractivity contribution >= 4 is 15.8 Å². The molecule has 19 heavy (non-hydrogen) atoms. The first kappa shape index (κ1) is 16.7. The minimum absolute atomic E-state index is 0. The molecule has 0 saturated heterocycles. The van der Waals surface area contributed by atoms with Gasteiger partial charge in [0.15, 0.2) is 0 Å². The van der Waals surface area contributed by atoms with Crippen molar-refractivity contribution in [3.8, 4) is 0 Å². The Labute approximate surface area is 136 Å². The first-order valence-corrected chi connectivity index (χ1v) is 7.17. The fourth-order valence-corrected chi connectivity index (χ4v) is 2.90. The zero-order valence-electron chi connectivity index (χ0n) is 11.7. The van der Waals surface area contributed by atoms with E-state index in [-0.39, 0.29) is 39.9 Å². The maximum atomic E-state index is 11.1. The molecule has 0 bridgehead atoms. The second-order valence-electron chi connectivity index (χ2n) is 4.95. The van der Waals surface area contributed by atoms with E-state index < -0.39 is 10.1 Å². The van der Waals surface area contributed by atoms with Crippen LogP contribution in [0.3, 0.4) is 0 Å². The summed E-state index contributed by atoms with van der Waals surface area (Å²) in [6, 6.07) is 4.51. The van der Waals surface area contributed by atoms with Gasteiger partial charge in [0.25, 0.3) is 0 Å². The Bertz CT molecular complexity index is 623. The zero-order valence-corrected chi connectivity index (χ0v) is 14.5. The van der Waals surface area contributed by atoms with Crippen LogP contribution >= 0.6 is 0 Å². The molecule has 0 spiro atoms. The van der Waals surface area contributed by atoms with Gasteiger partial charge in [-0.2, -0.15) is 0 Å². The van der Waals surface area contributed by atoms with E-state index in [1.54, 1.807) is 6.07 Å². The van der Waals surface area contributed by atoms with Gasteiger partial charge in [0.1, 0.15) is 10.1 Å². The van der Waals surface area contributed by atoms with Crippen LogP contribution in [-0.4, -0.2) is 19.5 Å². The van der Waals surface area contributed by atoms with Crippen LogP contribution in [0.25, 0.3) is 0 Å². The van der Waals surface area contributed by atoms with Gasteiger partial charge in [-0.05, 0) is 30.7 Å². The van der Waals surface area contributed by atoms with Gasteiger partial charge in [-0.1, -0.05) is 20.4 Å². The number of anilines is 1. The van der Waals surface area contributed by atoms with Crippen molar-refractivity contribution in [1.82, 2.24) is 0 Å². The second kappa shape index (κ2) is 5.22. The quantitative estimate of drug-likeness (QED) is 0.530. The predicted molar refractivity (Wildman–Crippen MR) is 69.6 cm³/mol. The first-order chi connectivity index (χ1) is 8.19. The maximum Gasteiger partial charge on any atom is 1.00 e. The van der Waals surface area contributed by atoms with E-state index in [9.17, 15) is 13.0 Å². The molecule has 1 heterocycles. The molecule has 0 aromatic heterocycles. The molecule has 0 fully saturated rings. The molecule has 0 saturated carbocycles. The van der Waals surface area contributed by atoms with Crippen molar-refractivity contribution in [3.63, 3.8) is 0 Å². The van der Waals surface area contributed by atoms with E-state index >= 15 is 0 Å². The molecule has 1 aromatic carbocycles. The van der Waals surface area contributed by atoms with Gasteiger partial charge in [0.05, 0.1) is 4.90 Å². The standard InChI is InChI=1S/C13H17NO3S.Na/c1-5-14-9(2)13(3,4)11-8-10(18(15,16)17)6-7-12(11)14;/h6-8H,2,5H2,1,3-4H3,(H,15,16,17);/q;+1/p-1. The summed E-state index contributed by atoms with van der Waals surface area (Å²) in [5.41, 5.74) is 2.33. The Hall–Kier alpha value is -0.330. The third kappa shape index (κ3) is 2.62. The molecule has 0 atom stereocenters. The van der Waals surface area contributed by atoms with Gasteiger partial charge >= 0.3 is 29.6 Å². The molecule has 0 aliphatic carbocycles. The molecular formula is C13H16NNaO3S. The molecule has 4 nitrogen and oxygen atoms in total. The molecule has 1 aliphatic heterocycles. The molecule has 2 rings (SSSR count). The largest absolute Gasteiger partial charge is 1.00 e. The number of hydrogen-bond acceptors (Lipinski definition) is 4. The number of allylic oxidation sites excluding steroid dienone is 1. The third-order valence-electron chi connectivity index (χ3n) is 3.58. The van der Waals surface area contributed by atoms with Crippen LogP contribution < -0.4 is 34.5 Å².